The van der Waals surface area contributed by atoms with Crippen LogP contribution in [-0.4, -0.2) is 41.3 Å². The first-order chi connectivity index (χ1) is 11.1. The molecule has 1 aliphatic heterocycles. The van der Waals surface area contributed by atoms with Crippen molar-refractivity contribution in [3.8, 4) is 11.3 Å². The summed E-state index contributed by atoms with van der Waals surface area (Å²) in [5.74, 6) is -0.0492. The van der Waals surface area contributed by atoms with Gasteiger partial charge in [0.1, 0.15) is 5.69 Å². The fraction of sp³-hybridized carbons (Fsp3) is 0.353. The summed E-state index contributed by atoms with van der Waals surface area (Å²) in [6.45, 7) is 1.80. The van der Waals surface area contributed by atoms with Crippen molar-refractivity contribution < 1.29 is 9.90 Å². The summed E-state index contributed by atoms with van der Waals surface area (Å²) in [6.07, 6.45) is -0.389. The Morgan fingerprint density at radius 1 is 1.35 bits per heavy atom. The van der Waals surface area contributed by atoms with Crippen LogP contribution in [0, 0.1) is 5.92 Å². The van der Waals surface area contributed by atoms with Crippen molar-refractivity contribution >= 4 is 21.8 Å². The highest BCUT2D eigenvalue weighted by Crippen LogP contribution is 2.29. The van der Waals surface area contributed by atoms with Crippen LogP contribution in [0.15, 0.2) is 40.9 Å². The summed E-state index contributed by atoms with van der Waals surface area (Å²) in [6, 6.07) is 11.7. The van der Waals surface area contributed by atoms with Gasteiger partial charge in [0.2, 0.25) is 0 Å². The van der Waals surface area contributed by atoms with E-state index in [4.69, 9.17) is 0 Å². The van der Waals surface area contributed by atoms with Gasteiger partial charge in [-0.3, -0.25) is 4.79 Å². The minimum Gasteiger partial charge on any atom is -0.391 e. The van der Waals surface area contributed by atoms with Gasteiger partial charge in [-0.2, -0.15) is 0 Å². The average Bonchev–Trinajstić information content (AvgIpc) is 3.11. The molecule has 1 fully saturated rings. The highest BCUT2D eigenvalue weighted by Gasteiger charge is 2.25. The Bertz CT molecular complexity index is 714. The van der Waals surface area contributed by atoms with E-state index in [9.17, 15) is 9.90 Å². The van der Waals surface area contributed by atoms with Crippen molar-refractivity contribution in [2.75, 3.05) is 19.6 Å². The predicted molar refractivity (Wildman–Crippen MR) is 93.2 cm³/mol. The molecule has 0 radical (unpaired) electrons. The number of aliphatic hydroxyl groups is 1. The molecule has 5 nitrogen and oxygen atoms in total. The number of hydrogen-bond acceptors (Lipinski definition) is 3. The fourth-order valence-electron chi connectivity index (χ4n) is 2.92. The summed E-state index contributed by atoms with van der Waals surface area (Å²) < 4.78 is 2.88. The van der Waals surface area contributed by atoms with Crippen molar-refractivity contribution in [2.45, 2.75) is 6.10 Å². The fourth-order valence-corrected chi connectivity index (χ4v) is 3.41. The molecule has 2 unspecified atom stereocenters. The Hall–Kier alpha value is -1.63. The largest absolute Gasteiger partial charge is 0.391 e. The number of hydrogen-bond donors (Lipinski definition) is 3. The van der Waals surface area contributed by atoms with Crippen LogP contribution in [0.25, 0.3) is 11.3 Å². The molecule has 0 bridgehead atoms. The average molecular weight is 378 g/mol. The van der Waals surface area contributed by atoms with E-state index in [2.05, 4.69) is 26.6 Å². The molecule has 1 aromatic heterocycles. The van der Waals surface area contributed by atoms with E-state index in [-0.39, 0.29) is 17.9 Å². The van der Waals surface area contributed by atoms with Gasteiger partial charge in [0.15, 0.2) is 0 Å². The van der Waals surface area contributed by atoms with Gasteiger partial charge in [-0.15, -0.1) is 0 Å². The molecule has 122 valence electrons. The van der Waals surface area contributed by atoms with Gasteiger partial charge < -0.3 is 20.3 Å². The number of carbonyl (C=O) groups is 1. The van der Waals surface area contributed by atoms with Crippen LogP contribution >= 0.6 is 15.9 Å². The number of benzene rings is 1. The third kappa shape index (κ3) is 3.34. The molecule has 1 aromatic carbocycles. The van der Waals surface area contributed by atoms with E-state index in [1.165, 1.54) is 0 Å². The van der Waals surface area contributed by atoms with Crippen molar-refractivity contribution in [1.29, 1.82) is 0 Å². The zero-order valence-electron chi connectivity index (χ0n) is 12.9. The molecular formula is C17H20BrN3O2. The second kappa shape index (κ2) is 6.86. The minimum absolute atomic E-state index is 0.0713. The molecule has 1 saturated heterocycles. The van der Waals surface area contributed by atoms with Crippen LogP contribution in [0.5, 0.6) is 0 Å². The third-order valence-electron chi connectivity index (χ3n) is 4.33. The Kier molecular flexibility index (Phi) is 4.84. The van der Waals surface area contributed by atoms with Crippen molar-refractivity contribution in [3.63, 3.8) is 0 Å². The lowest BCUT2D eigenvalue weighted by atomic mass is 10.1. The molecule has 0 saturated carbocycles. The summed E-state index contributed by atoms with van der Waals surface area (Å²) in [7, 11) is 1.88. The van der Waals surface area contributed by atoms with Gasteiger partial charge in [0, 0.05) is 48.3 Å². The smallest absolute Gasteiger partial charge is 0.267 e. The van der Waals surface area contributed by atoms with E-state index >= 15 is 0 Å². The van der Waals surface area contributed by atoms with E-state index in [0.29, 0.717) is 18.8 Å². The molecule has 0 spiro atoms. The third-order valence-corrected chi connectivity index (χ3v) is 5.02. The SMILES string of the molecule is Cn1c(C(=O)NCC2CNCC2O)ccc1-c1ccccc1Br. The number of nitrogens with one attached hydrogen (secondary N) is 2. The van der Waals surface area contributed by atoms with Crippen molar-refractivity contribution in [1.82, 2.24) is 15.2 Å². The lowest BCUT2D eigenvalue weighted by molar-refractivity contribution is 0.0919. The van der Waals surface area contributed by atoms with Crippen LogP contribution in [0.3, 0.4) is 0 Å². The molecule has 1 amide bonds. The molecule has 2 heterocycles. The lowest BCUT2D eigenvalue weighted by Crippen LogP contribution is -2.35. The van der Waals surface area contributed by atoms with Gasteiger partial charge >= 0.3 is 0 Å². The first-order valence-corrected chi connectivity index (χ1v) is 8.45. The molecule has 1 aliphatic rings. The van der Waals surface area contributed by atoms with Crippen LogP contribution in [0.1, 0.15) is 10.5 Å². The zero-order chi connectivity index (χ0) is 16.4. The van der Waals surface area contributed by atoms with Crippen LogP contribution in [-0.2, 0) is 7.05 Å². The molecule has 2 aromatic rings. The zero-order valence-corrected chi connectivity index (χ0v) is 14.5. The van der Waals surface area contributed by atoms with Gasteiger partial charge in [0.25, 0.3) is 5.91 Å². The van der Waals surface area contributed by atoms with Gasteiger partial charge in [-0.1, -0.05) is 34.1 Å². The maximum absolute atomic E-state index is 12.4. The second-order valence-electron chi connectivity index (χ2n) is 5.84. The predicted octanol–water partition coefficient (Wildman–Crippen LogP) is 1.76. The second-order valence-corrected chi connectivity index (χ2v) is 6.69. The Morgan fingerprint density at radius 2 is 2.13 bits per heavy atom. The monoisotopic (exact) mass is 377 g/mol. The molecular weight excluding hydrogens is 358 g/mol. The Balaban J connectivity index is 1.74. The maximum Gasteiger partial charge on any atom is 0.267 e. The van der Waals surface area contributed by atoms with Crippen molar-refractivity contribution in [3.05, 3.63) is 46.6 Å². The van der Waals surface area contributed by atoms with E-state index in [1.807, 2.05) is 48.0 Å². The standard InChI is InChI=1S/C17H20BrN3O2/c1-21-14(12-4-2-3-5-13(12)18)6-7-15(21)17(23)20-9-11-8-19-10-16(11)22/h2-7,11,16,19,22H,8-10H2,1H3,(H,20,23). The van der Waals surface area contributed by atoms with E-state index in [0.717, 1.165) is 22.3 Å². The van der Waals surface area contributed by atoms with Crippen molar-refractivity contribution in [2.24, 2.45) is 13.0 Å². The summed E-state index contributed by atoms with van der Waals surface area (Å²) in [5, 5.41) is 15.8. The molecule has 0 aliphatic carbocycles. The molecule has 6 heteroatoms. The first-order valence-electron chi connectivity index (χ1n) is 7.65. The van der Waals surface area contributed by atoms with Crippen LogP contribution in [0.2, 0.25) is 0 Å². The number of aromatic nitrogens is 1. The molecule has 2 atom stereocenters. The number of nitrogens with zero attached hydrogens (tertiary/aromatic N) is 1. The lowest BCUT2D eigenvalue weighted by Gasteiger charge is -2.15. The Labute approximate surface area is 143 Å². The number of carbonyl (C=O) groups excluding carboxylic acids is 1. The normalized spacial score (nSPS) is 20.7. The number of β-amino-alcohol motifs (C(OH)–C–C–N with tert-alkyl or cyclic N) is 1. The summed E-state index contributed by atoms with van der Waals surface area (Å²) in [5.41, 5.74) is 2.63. The van der Waals surface area contributed by atoms with E-state index < -0.39 is 0 Å². The highest BCUT2D eigenvalue weighted by atomic mass is 79.9. The Morgan fingerprint density at radius 3 is 2.83 bits per heavy atom. The van der Waals surface area contributed by atoms with Gasteiger partial charge in [0.05, 0.1) is 6.10 Å². The number of aliphatic hydroxyl groups excluding tert-OH is 1. The first kappa shape index (κ1) is 16.2. The summed E-state index contributed by atoms with van der Waals surface area (Å²) in [4.78, 5) is 12.4. The number of halogens is 1. The van der Waals surface area contributed by atoms with E-state index in [1.54, 1.807) is 0 Å². The van der Waals surface area contributed by atoms with Gasteiger partial charge in [-0.25, -0.2) is 0 Å². The topological polar surface area (TPSA) is 66.3 Å². The quantitative estimate of drug-likeness (QED) is 0.760. The van der Waals surface area contributed by atoms with Crippen LogP contribution in [0.4, 0.5) is 0 Å². The van der Waals surface area contributed by atoms with Gasteiger partial charge in [-0.05, 0) is 18.2 Å². The molecule has 3 rings (SSSR count). The maximum atomic E-state index is 12.4. The highest BCUT2D eigenvalue weighted by molar-refractivity contribution is 9.10. The number of amides is 1. The minimum atomic E-state index is -0.389. The van der Waals surface area contributed by atoms with Crippen LogP contribution < -0.4 is 10.6 Å². The summed E-state index contributed by atoms with van der Waals surface area (Å²) >= 11 is 3.55. The molecule has 23 heavy (non-hydrogen) atoms. The molecule has 3 N–H and O–H groups in total. The number of rotatable bonds is 4.